The smallest absolute Gasteiger partial charge is 0.114 e. The van der Waals surface area contributed by atoms with Crippen LogP contribution in [0.3, 0.4) is 0 Å². The summed E-state index contributed by atoms with van der Waals surface area (Å²) in [5, 5.41) is 3.29. The molecule has 1 aliphatic heterocycles. The minimum atomic E-state index is 0.776. The van der Waals surface area contributed by atoms with E-state index in [1.165, 1.54) is 0 Å². The van der Waals surface area contributed by atoms with Crippen LogP contribution < -0.4 is 5.32 Å². The van der Waals surface area contributed by atoms with Crippen molar-refractivity contribution in [2.24, 2.45) is 0 Å². The molecule has 0 amide bonds. The fourth-order valence-corrected chi connectivity index (χ4v) is 1.38. The summed E-state index contributed by atoms with van der Waals surface area (Å²) < 4.78 is 10.4. The highest BCUT2D eigenvalue weighted by Crippen LogP contribution is 2.10. The summed E-state index contributed by atoms with van der Waals surface area (Å²) in [7, 11) is 1.72. The van der Waals surface area contributed by atoms with Crippen molar-refractivity contribution < 1.29 is 9.47 Å². The fraction of sp³-hybridized carbons (Fsp3) is 0.667. The number of rotatable bonds is 7. The molecular formula is C12H21NO2. The number of nitrogens with one attached hydrogen (secondary N) is 1. The molecule has 0 saturated carbocycles. The lowest BCUT2D eigenvalue weighted by atomic mass is 10.2. The molecule has 3 heteroatoms. The number of hydrogen-bond donors (Lipinski definition) is 1. The summed E-state index contributed by atoms with van der Waals surface area (Å²) in [5.74, 6) is 1.03. The molecule has 0 aliphatic carbocycles. The van der Waals surface area contributed by atoms with Gasteiger partial charge in [0.15, 0.2) is 0 Å². The first kappa shape index (κ1) is 12.3. The maximum Gasteiger partial charge on any atom is 0.114 e. The van der Waals surface area contributed by atoms with Crippen molar-refractivity contribution in [1.82, 2.24) is 5.32 Å². The van der Waals surface area contributed by atoms with Gasteiger partial charge in [-0.25, -0.2) is 0 Å². The average Bonchev–Trinajstić information content (AvgIpc) is 2.29. The van der Waals surface area contributed by atoms with Gasteiger partial charge in [-0.3, -0.25) is 0 Å². The largest absolute Gasteiger partial charge is 0.494 e. The van der Waals surface area contributed by atoms with E-state index in [-0.39, 0.29) is 0 Å². The lowest BCUT2D eigenvalue weighted by Gasteiger charge is -2.11. The van der Waals surface area contributed by atoms with E-state index < -0.39 is 0 Å². The van der Waals surface area contributed by atoms with Crippen molar-refractivity contribution in [2.45, 2.75) is 19.3 Å². The minimum absolute atomic E-state index is 0.776. The summed E-state index contributed by atoms with van der Waals surface area (Å²) in [6.45, 7) is 3.55. The van der Waals surface area contributed by atoms with Crippen molar-refractivity contribution in [3.8, 4) is 0 Å². The van der Waals surface area contributed by atoms with E-state index in [9.17, 15) is 0 Å². The zero-order valence-corrected chi connectivity index (χ0v) is 9.50. The highest BCUT2D eigenvalue weighted by atomic mass is 16.5. The first-order valence-electron chi connectivity index (χ1n) is 5.62. The van der Waals surface area contributed by atoms with E-state index in [1.54, 1.807) is 7.11 Å². The number of allylic oxidation sites excluding steroid dienone is 2. The standard InChI is InChI=1S/C12H21NO2/c1-14-11-9-13-8-4-2-6-12-7-3-5-10-15-12/h2,6-7,13H,3-5,8-11H2,1H3/b6-2+. The number of methoxy groups -OCH3 is 1. The topological polar surface area (TPSA) is 30.5 Å². The van der Waals surface area contributed by atoms with Gasteiger partial charge in [0.1, 0.15) is 5.76 Å². The Kier molecular flexibility index (Phi) is 6.96. The molecule has 0 fully saturated rings. The highest BCUT2D eigenvalue weighted by molar-refractivity contribution is 5.13. The molecule has 1 N–H and O–H groups in total. The summed E-state index contributed by atoms with van der Waals surface area (Å²) >= 11 is 0. The Morgan fingerprint density at radius 3 is 3.20 bits per heavy atom. The van der Waals surface area contributed by atoms with Crippen LogP contribution in [0.5, 0.6) is 0 Å². The van der Waals surface area contributed by atoms with Gasteiger partial charge in [-0.1, -0.05) is 6.08 Å². The molecule has 1 heterocycles. The lowest BCUT2D eigenvalue weighted by molar-refractivity contribution is 0.199. The lowest BCUT2D eigenvalue weighted by Crippen LogP contribution is -2.19. The van der Waals surface area contributed by atoms with Gasteiger partial charge in [-0.2, -0.15) is 0 Å². The van der Waals surface area contributed by atoms with Crippen molar-refractivity contribution >= 4 is 0 Å². The van der Waals surface area contributed by atoms with Crippen molar-refractivity contribution in [3.63, 3.8) is 0 Å². The molecule has 86 valence electrons. The summed E-state index contributed by atoms with van der Waals surface area (Å²) in [5.41, 5.74) is 0. The third-order valence-electron chi connectivity index (χ3n) is 2.22. The first-order valence-corrected chi connectivity index (χ1v) is 5.62. The molecule has 1 aliphatic rings. The van der Waals surface area contributed by atoms with E-state index in [1.807, 2.05) is 0 Å². The van der Waals surface area contributed by atoms with Crippen LogP contribution in [0, 0.1) is 0 Å². The third kappa shape index (κ3) is 6.31. The molecule has 1 rings (SSSR count). The second kappa shape index (κ2) is 8.50. The molecule has 0 aromatic carbocycles. The van der Waals surface area contributed by atoms with Gasteiger partial charge < -0.3 is 14.8 Å². The summed E-state index contributed by atoms with van der Waals surface area (Å²) in [6, 6.07) is 0. The molecule has 0 atom stereocenters. The van der Waals surface area contributed by atoms with Crippen LogP contribution in [0.15, 0.2) is 24.0 Å². The fourth-order valence-electron chi connectivity index (χ4n) is 1.38. The Labute approximate surface area is 92.1 Å². The van der Waals surface area contributed by atoms with E-state index in [0.717, 1.165) is 51.3 Å². The predicted octanol–water partition coefficient (Wildman–Crippen LogP) is 1.86. The van der Waals surface area contributed by atoms with Gasteiger partial charge in [-0.05, 0) is 38.0 Å². The minimum Gasteiger partial charge on any atom is -0.494 e. The Hall–Kier alpha value is -0.800. The summed E-state index contributed by atoms with van der Waals surface area (Å²) in [6.07, 6.45) is 9.69. The van der Waals surface area contributed by atoms with Gasteiger partial charge in [0.25, 0.3) is 0 Å². The van der Waals surface area contributed by atoms with E-state index in [2.05, 4.69) is 23.5 Å². The average molecular weight is 211 g/mol. The van der Waals surface area contributed by atoms with Crippen LogP contribution in [-0.2, 0) is 9.47 Å². The number of hydrogen-bond acceptors (Lipinski definition) is 3. The predicted molar refractivity (Wildman–Crippen MR) is 61.8 cm³/mol. The van der Waals surface area contributed by atoms with Gasteiger partial charge in [0, 0.05) is 13.7 Å². The van der Waals surface area contributed by atoms with Gasteiger partial charge >= 0.3 is 0 Å². The number of ether oxygens (including phenoxy) is 2. The van der Waals surface area contributed by atoms with Gasteiger partial charge in [-0.15, -0.1) is 0 Å². The molecular weight excluding hydrogens is 190 g/mol. The quantitative estimate of drug-likeness (QED) is 0.652. The zero-order chi connectivity index (χ0) is 10.8. The molecule has 3 nitrogen and oxygen atoms in total. The van der Waals surface area contributed by atoms with E-state index >= 15 is 0 Å². The van der Waals surface area contributed by atoms with E-state index in [0.29, 0.717) is 0 Å². The molecule has 0 saturated heterocycles. The van der Waals surface area contributed by atoms with Crippen LogP contribution in [0.25, 0.3) is 0 Å². The monoisotopic (exact) mass is 211 g/mol. The Morgan fingerprint density at radius 1 is 1.53 bits per heavy atom. The Balaban J connectivity index is 1.98. The second-order valence-electron chi connectivity index (χ2n) is 3.53. The van der Waals surface area contributed by atoms with Gasteiger partial charge in [0.2, 0.25) is 0 Å². The van der Waals surface area contributed by atoms with Gasteiger partial charge in [0.05, 0.1) is 13.2 Å². The zero-order valence-electron chi connectivity index (χ0n) is 9.50. The molecule has 0 aromatic rings. The first-order chi connectivity index (χ1) is 7.43. The molecule has 0 radical (unpaired) electrons. The van der Waals surface area contributed by atoms with Crippen LogP contribution in [0.4, 0.5) is 0 Å². The Bertz CT molecular complexity index is 212. The molecule has 15 heavy (non-hydrogen) atoms. The molecule has 0 aromatic heterocycles. The molecule has 0 spiro atoms. The maximum atomic E-state index is 5.46. The Morgan fingerprint density at radius 2 is 2.47 bits per heavy atom. The molecule has 0 bridgehead atoms. The van der Waals surface area contributed by atoms with Crippen molar-refractivity contribution in [2.75, 3.05) is 33.4 Å². The van der Waals surface area contributed by atoms with Crippen LogP contribution in [0.2, 0.25) is 0 Å². The SMILES string of the molecule is COCCNCC/C=C/C1=CCCCO1. The van der Waals surface area contributed by atoms with Crippen molar-refractivity contribution in [3.05, 3.63) is 24.0 Å². The van der Waals surface area contributed by atoms with Crippen LogP contribution >= 0.6 is 0 Å². The third-order valence-corrected chi connectivity index (χ3v) is 2.22. The molecule has 0 unspecified atom stereocenters. The highest BCUT2D eigenvalue weighted by Gasteiger charge is 1.98. The van der Waals surface area contributed by atoms with Crippen molar-refractivity contribution in [1.29, 1.82) is 0 Å². The second-order valence-corrected chi connectivity index (χ2v) is 3.53. The maximum absolute atomic E-state index is 5.46. The van der Waals surface area contributed by atoms with E-state index in [4.69, 9.17) is 9.47 Å². The van der Waals surface area contributed by atoms with Crippen LogP contribution in [-0.4, -0.2) is 33.4 Å². The summed E-state index contributed by atoms with van der Waals surface area (Å²) in [4.78, 5) is 0. The normalized spacial score (nSPS) is 16.5. The van der Waals surface area contributed by atoms with Crippen LogP contribution in [0.1, 0.15) is 19.3 Å².